The van der Waals surface area contributed by atoms with E-state index >= 15 is 0 Å². The number of phenols is 1. The van der Waals surface area contributed by atoms with Crippen molar-refractivity contribution in [3.8, 4) is 5.75 Å². The summed E-state index contributed by atoms with van der Waals surface area (Å²) in [6, 6.07) is 7.09. The lowest BCUT2D eigenvalue weighted by atomic mass is 10.2. The van der Waals surface area contributed by atoms with Crippen molar-refractivity contribution in [3.05, 3.63) is 43.0 Å². The molecule has 0 aliphatic heterocycles. The molecule has 62 valence electrons. The SMILES string of the molecule is C=C.Cc1ccc(O)cc1.Cl. The smallest absolute Gasteiger partial charge is 0.115 e. The maximum Gasteiger partial charge on any atom is 0.115 e. The topological polar surface area (TPSA) is 20.2 Å². The second kappa shape index (κ2) is 7.16. The summed E-state index contributed by atoms with van der Waals surface area (Å²) in [7, 11) is 0. The van der Waals surface area contributed by atoms with Crippen LogP contribution >= 0.6 is 12.4 Å². The van der Waals surface area contributed by atoms with Crippen LogP contribution in [-0.2, 0) is 0 Å². The Labute approximate surface area is 73.8 Å². The number of aromatic hydroxyl groups is 1. The van der Waals surface area contributed by atoms with Gasteiger partial charge in [0.1, 0.15) is 5.75 Å². The largest absolute Gasteiger partial charge is 0.508 e. The van der Waals surface area contributed by atoms with E-state index in [4.69, 9.17) is 5.11 Å². The highest BCUT2D eigenvalue weighted by Gasteiger charge is 1.82. The van der Waals surface area contributed by atoms with Crippen LogP contribution in [0.2, 0.25) is 0 Å². The van der Waals surface area contributed by atoms with Crippen LogP contribution in [-0.4, -0.2) is 5.11 Å². The standard InChI is InChI=1S/C7H8O.C2H4.ClH/c1-6-2-4-7(8)5-3-6;1-2;/h2-5,8H,1H3;1-2H2;1H. The molecule has 0 radical (unpaired) electrons. The van der Waals surface area contributed by atoms with Gasteiger partial charge in [0.15, 0.2) is 0 Å². The molecule has 0 unspecified atom stereocenters. The van der Waals surface area contributed by atoms with Crippen LogP contribution in [0, 0.1) is 6.92 Å². The fourth-order valence-electron chi connectivity index (χ4n) is 0.545. The zero-order valence-corrected chi connectivity index (χ0v) is 7.40. The van der Waals surface area contributed by atoms with Crippen molar-refractivity contribution in [1.29, 1.82) is 0 Å². The normalized spacial score (nSPS) is 7.00. The Morgan fingerprint density at radius 2 is 1.45 bits per heavy atom. The predicted octanol–water partition coefficient (Wildman–Crippen LogP) is 2.92. The Morgan fingerprint density at radius 1 is 1.09 bits per heavy atom. The lowest BCUT2D eigenvalue weighted by Gasteiger charge is -1.89. The molecule has 1 rings (SSSR count). The van der Waals surface area contributed by atoms with Crippen molar-refractivity contribution in [3.63, 3.8) is 0 Å². The van der Waals surface area contributed by atoms with Crippen LogP contribution in [0.5, 0.6) is 5.75 Å². The van der Waals surface area contributed by atoms with Crippen LogP contribution < -0.4 is 0 Å². The molecule has 0 bridgehead atoms. The molecular formula is C9H13ClO. The predicted molar refractivity (Wildman–Crippen MR) is 51.3 cm³/mol. The molecule has 0 aliphatic rings. The summed E-state index contributed by atoms with van der Waals surface area (Å²) in [5, 5.41) is 8.76. The highest BCUT2D eigenvalue weighted by atomic mass is 35.5. The van der Waals surface area contributed by atoms with Gasteiger partial charge in [-0.15, -0.1) is 25.6 Å². The average Bonchev–Trinajstić information content (AvgIpc) is 2.00. The summed E-state index contributed by atoms with van der Waals surface area (Å²) in [4.78, 5) is 0. The number of rotatable bonds is 0. The van der Waals surface area contributed by atoms with Crippen molar-refractivity contribution in [2.75, 3.05) is 0 Å². The maximum atomic E-state index is 8.76. The zero-order valence-electron chi connectivity index (χ0n) is 6.58. The fourth-order valence-corrected chi connectivity index (χ4v) is 0.545. The molecular weight excluding hydrogens is 160 g/mol. The minimum Gasteiger partial charge on any atom is -0.508 e. The molecule has 0 aromatic heterocycles. The molecule has 1 aromatic rings. The number of aryl methyl sites for hydroxylation is 1. The van der Waals surface area contributed by atoms with Gasteiger partial charge in [-0.05, 0) is 19.1 Å². The number of hydrogen-bond donors (Lipinski definition) is 1. The highest BCUT2D eigenvalue weighted by molar-refractivity contribution is 5.85. The second-order valence-electron chi connectivity index (χ2n) is 1.84. The second-order valence-corrected chi connectivity index (χ2v) is 1.84. The molecule has 0 amide bonds. The average molecular weight is 173 g/mol. The third-order valence-corrected chi connectivity index (χ3v) is 1.03. The number of hydrogen-bond acceptors (Lipinski definition) is 1. The maximum absolute atomic E-state index is 8.76. The van der Waals surface area contributed by atoms with E-state index in [0.29, 0.717) is 5.75 Å². The van der Waals surface area contributed by atoms with Gasteiger partial charge in [0.25, 0.3) is 0 Å². The summed E-state index contributed by atoms with van der Waals surface area (Å²) >= 11 is 0. The molecule has 1 N–H and O–H groups in total. The Bertz CT molecular complexity index is 160. The molecule has 0 saturated carbocycles. The van der Waals surface area contributed by atoms with Gasteiger partial charge in [-0.25, -0.2) is 0 Å². The minimum absolute atomic E-state index is 0. The Hall–Kier alpha value is -0.950. The van der Waals surface area contributed by atoms with Gasteiger partial charge in [-0.2, -0.15) is 0 Å². The number of benzene rings is 1. The van der Waals surface area contributed by atoms with Gasteiger partial charge < -0.3 is 5.11 Å². The number of phenolic OH excluding ortho intramolecular Hbond substituents is 1. The lowest BCUT2D eigenvalue weighted by molar-refractivity contribution is 0.475. The first-order valence-electron chi connectivity index (χ1n) is 3.04. The molecule has 0 atom stereocenters. The van der Waals surface area contributed by atoms with Crippen molar-refractivity contribution in [2.24, 2.45) is 0 Å². The highest BCUT2D eigenvalue weighted by Crippen LogP contribution is 2.07. The minimum atomic E-state index is 0. The summed E-state index contributed by atoms with van der Waals surface area (Å²) in [6.45, 7) is 7.99. The summed E-state index contributed by atoms with van der Waals surface area (Å²) in [5.41, 5.74) is 1.17. The van der Waals surface area contributed by atoms with E-state index in [1.807, 2.05) is 19.1 Å². The molecule has 1 aromatic carbocycles. The monoisotopic (exact) mass is 172 g/mol. The molecule has 0 heterocycles. The Morgan fingerprint density at radius 3 is 1.73 bits per heavy atom. The first-order chi connectivity index (χ1) is 4.79. The fraction of sp³-hybridized carbons (Fsp3) is 0.111. The summed E-state index contributed by atoms with van der Waals surface area (Å²) in [5.74, 6) is 0.329. The van der Waals surface area contributed by atoms with E-state index in [2.05, 4.69) is 13.2 Å². The first-order valence-corrected chi connectivity index (χ1v) is 3.04. The van der Waals surface area contributed by atoms with Crippen molar-refractivity contribution < 1.29 is 5.11 Å². The first kappa shape index (κ1) is 12.7. The Balaban J connectivity index is 0. The van der Waals surface area contributed by atoms with E-state index in [-0.39, 0.29) is 12.4 Å². The summed E-state index contributed by atoms with van der Waals surface area (Å²) in [6.07, 6.45) is 0. The van der Waals surface area contributed by atoms with Crippen molar-refractivity contribution in [1.82, 2.24) is 0 Å². The van der Waals surface area contributed by atoms with Gasteiger partial charge in [-0.1, -0.05) is 17.7 Å². The van der Waals surface area contributed by atoms with Gasteiger partial charge >= 0.3 is 0 Å². The lowest BCUT2D eigenvalue weighted by Crippen LogP contribution is -1.66. The molecule has 0 aliphatic carbocycles. The van der Waals surface area contributed by atoms with Crippen LogP contribution in [0.4, 0.5) is 0 Å². The van der Waals surface area contributed by atoms with Gasteiger partial charge in [0.2, 0.25) is 0 Å². The third-order valence-electron chi connectivity index (χ3n) is 1.03. The van der Waals surface area contributed by atoms with Gasteiger partial charge in [0, 0.05) is 0 Å². The van der Waals surface area contributed by atoms with Crippen LogP contribution in [0.15, 0.2) is 37.4 Å². The van der Waals surface area contributed by atoms with Gasteiger partial charge in [-0.3, -0.25) is 0 Å². The zero-order chi connectivity index (χ0) is 7.98. The molecule has 2 heteroatoms. The Kier molecular flexibility index (Phi) is 8.27. The van der Waals surface area contributed by atoms with Crippen molar-refractivity contribution in [2.45, 2.75) is 6.92 Å². The number of halogens is 1. The van der Waals surface area contributed by atoms with E-state index in [1.54, 1.807) is 12.1 Å². The van der Waals surface area contributed by atoms with E-state index < -0.39 is 0 Å². The van der Waals surface area contributed by atoms with Crippen molar-refractivity contribution >= 4 is 12.4 Å². The van der Waals surface area contributed by atoms with E-state index in [9.17, 15) is 0 Å². The van der Waals surface area contributed by atoms with Gasteiger partial charge in [0.05, 0.1) is 0 Å². The summed E-state index contributed by atoms with van der Waals surface area (Å²) < 4.78 is 0. The van der Waals surface area contributed by atoms with Crippen LogP contribution in [0.25, 0.3) is 0 Å². The van der Waals surface area contributed by atoms with E-state index in [0.717, 1.165) is 0 Å². The molecule has 11 heavy (non-hydrogen) atoms. The van der Waals surface area contributed by atoms with Crippen LogP contribution in [0.3, 0.4) is 0 Å². The van der Waals surface area contributed by atoms with Crippen LogP contribution in [0.1, 0.15) is 5.56 Å². The molecule has 0 fully saturated rings. The quantitative estimate of drug-likeness (QED) is 0.597. The third kappa shape index (κ3) is 5.49. The molecule has 0 saturated heterocycles. The van der Waals surface area contributed by atoms with E-state index in [1.165, 1.54) is 5.56 Å². The molecule has 1 nitrogen and oxygen atoms in total. The molecule has 0 spiro atoms.